The molecule has 17 heavy (non-hydrogen) atoms. The second kappa shape index (κ2) is 5.54. The second-order valence-electron chi connectivity index (χ2n) is 3.89. The molecular formula is C13H14ClNOS. The summed E-state index contributed by atoms with van der Waals surface area (Å²) in [6, 6.07) is 9.49. The average molecular weight is 268 g/mol. The third-order valence-electron chi connectivity index (χ3n) is 2.61. The standard InChI is InChI=1S/C13H14ClNOS/c1-9(13-3-2-6-17-13)15-8-10-7-11(14)4-5-12(10)16/h2-7,9,15-16H,8H2,1H3/t9-/m0/s1. The molecule has 1 aromatic heterocycles. The van der Waals surface area contributed by atoms with E-state index in [-0.39, 0.29) is 11.8 Å². The van der Waals surface area contributed by atoms with Gasteiger partial charge in [-0.3, -0.25) is 0 Å². The number of hydrogen-bond donors (Lipinski definition) is 2. The quantitative estimate of drug-likeness (QED) is 0.879. The highest BCUT2D eigenvalue weighted by atomic mass is 35.5. The van der Waals surface area contributed by atoms with Crippen molar-refractivity contribution in [1.82, 2.24) is 5.32 Å². The van der Waals surface area contributed by atoms with E-state index in [0.717, 1.165) is 5.56 Å². The molecule has 0 fully saturated rings. The maximum atomic E-state index is 9.68. The Morgan fingerprint density at radius 3 is 2.94 bits per heavy atom. The summed E-state index contributed by atoms with van der Waals surface area (Å²) in [4.78, 5) is 1.28. The van der Waals surface area contributed by atoms with Gasteiger partial charge < -0.3 is 10.4 Å². The van der Waals surface area contributed by atoms with E-state index in [0.29, 0.717) is 11.6 Å². The van der Waals surface area contributed by atoms with Crippen LogP contribution in [0.5, 0.6) is 5.75 Å². The zero-order chi connectivity index (χ0) is 12.3. The molecule has 1 atom stereocenters. The first-order valence-electron chi connectivity index (χ1n) is 5.41. The maximum absolute atomic E-state index is 9.68. The fraction of sp³-hybridized carbons (Fsp3) is 0.231. The van der Waals surface area contributed by atoms with Crippen LogP contribution in [0, 0.1) is 0 Å². The number of hydrogen-bond acceptors (Lipinski definition) is 3. The molecule has 0 radical (unpaired) electrons. The summed E-state index contributed by atoms with van der Waals surface area (Å²) in [5.74, 6) is 0.278. The van der Waals surface area contributed by atoms with Crippen molar-refractivity contribution in [3.8, 4) is 5.75 Å². The van der Waals surface area contributed by atoms with Crippen LogP contribution in [0.2, 0.25) is 5.02 Å². The number of thiophene rings is 1. The summed E-state index contributed by atoms with van der Waals surface area (Å²) in [7, 11) is 0. The predicted molar refractivity (Wildman–Crippen MR) is 72.7 cm³/mol. The van der Waals surface area contributed by atoms with Crippen LogP contribution in [0.4, 0.5) is 0 Å². The van der Waals surface area contributed by atoms with Gasteiger partial charge in [-0.1, -0.05) is 17.7 Å². The minimum Gasteiger partial charge on any atom is -0.508 e. The van der Waals surface area contributed by atoms with Crippen LogP contribution in [-0.4, -0.2) is 5.11 Å². The van der Waals surface area contributed by atoms with Crippen LogP contribution in [0.1, 0.15) is 23.4 Å². The summed E-state index contributed by atoms with van der Waals surface area (Å²) in [5.41, 5.74) is 0.820. The SMILES string of the molecule is C[C@H](NCc1cc(Cl)ccc1O)c1cccs1. The Balaban J connectivity index is 2.00. The molecule has 2 N–H and O–H groups in total. The zero-order valence-corrected chi connectivity index (χ0v) is 11.1. The van der Waals surface area contributed by atoms with Gasteiger partial charge in [-0.15, -0.1) is 11.3 Å². The first-order valence-corrected chi connectivity index (χ1v) is 6.67. The molecular weight excluding hydrogens is 254 g/mol. The monoisotopic (exact) mass is 267 g/mol. The van der Waals surface area contributed by atoms with Crippen molar-refractivity contribution in [2.75, 3.05) is 0 Å². The Morgan fingerprint density at radius 2 is 2.24 bits per heavy atom. The minimum absolute atomic E-state index is 0.272. The number of halogens is 1. The number of phenolic OH excluding ortho intramolecular Hbond substituents is 1. The van der Waals surface area contributed by atoms with Crippen LogP contribution in [0.15, 0.2) is 35.7 Å². The Labute approximate surface area is 110 Å². The third-order valence-corrected chi connectivity index (χ3v) is 3.90. The average Bonchev–Trinajstić information content (AvgIpc) is 2.83. The van der Waals surface area contributed by atoms with Crippen molar-refractivity contribution in [3.05, 3.63) is 51.2 Å². The fourth-order valence-electron chi connectivity index (χ4n) is 1.60. The third kappa shape index (κ3) is 3.22. The van der Waals surface area contributed by atoms with E-state index in [2.05, 4.69) is 23.7 Å². The summed E-state index contributed by atoms with van der Waals surface area (Å²) in [5, 5.41) is 15.7. The topological polar surface area (TPSA) is 32.3 Å². The first-order chi connectivity index (χ1) is 8.16. The number of aromatic hydroxyl groups is 1. The van der Waals surface area contributed by atoms with Crippen LogP contribution < -0.4 is 5.32 Å². The summed E-state index contributed by atoms with van der Waals surface area (Å²) >= 11 is 7.62. The molecule has 1 heterocycles. The van der Waals surface area contributed by atoms with Gasteiger partial charge in [0.15, 0.2) is 0 Å². The molecule has 1 aromatic carbocycles. The molecule has 0 saturated carbocycles. The fourth-order valence-corrected chi connectivity index (χ4v) is 2.55. The largest absolute Gasteiger partial charge is 0.508 e. The highest BCUT2D eigenvalue weighted by Crippen LogP contribution is 2.23. The van der Waals surface area contributed by atoms with Crippen LogP contribution in [-0.2, 0) is 6.54 Å². The van der Waals surface area contributed by atoms with Gasteiger partial charge in [-0.05, 0) is 36.6 Å². The molecule has 0 bridgehead atoms. The van der Waals surface area contributed by atoms with E-state index in [1.807, 2.05) is 6.07 Å². The molecule has 0 amide bonds. The molecule has 0 aliphatic carbocycles. The lowest BCUT2D eigenvalue weighted by Crippen LogP contribution is -2.17. The number of phenols is 1. The van der Waals surface area contributed by atoms with Crippen LogP contribution >= 0.6 is 22.9 Å². The van der Waals surface area contributed by atoms with E-state index in [1.54, 1.807) is 29.5 Å². The molecule has 90 valence electrons. The molecule has 4 heteroatoms. The van der Waals surface area contributed by atoms with Crippen molar-refractivity contribution >= 4 is 22.9 Å². The van der Waals surface area contributed by atoms with Gasteiger partial charge in [0.25, 0.3) is 0 Å². The number of benzene rings is 1. The lowest BCUT2D eigenvalue weighted by Gasteiger charge is -2.13. The molecule has 0 aliphatic rings. The highest BCUT2D eigenvalue weighted by molar-refractivity contribution is 7.10. The van der Waals surface area contributed by atoms with E-state index in [9.17, 15) is 5.11 Å². The van der Waals surface area contributed by atoms with Crippen molar-refractivity contribution in [2.45, 2.75) is 19.5 Å². The van der Waals surface area contributed by atoms with Crippen molar-refractivity contribution in [3.63, 3.8) is 0 Å². The number of nitrogens with one attached hydrogen (secondary N) is 1. The summed E-state index contributed by atoms with van der Waals surface area (Å²) in [6.07, 6.45) is 0. The number of rotatable bonds is 4. The van der Waals surface area contributed by atoms with Crippen LogP contribution in [0.25, 0.3) is 0 Å². The lowest BCUT2D eigenvalue weighted by molar-refractivity contribution is 0.461. The first kappa shape index (κ1) is 12.4. The van der Waals surface area contributed by atoms with Crippen molar-refractivity contribution < 1.29 is 5.11 Å². The smallest absolute Gasteiger partial charge is 0.120 e. The molecule has 2 aromatic rings. The van der Waals surface area contributed by atoms with E-state index >= 15 is 0 Å². The highest BCUT2D eigenvalue weighted by Gasteiger charge is 2.07. The predicted octanol–water partition coefficient (Wildman–Crippen LogP) is 3.96. The molecule has 2 rings (SSSR count). The Kier molecular flexibility index (Phi) is 4.05. The molecule has 2 nitrogen and oxygen atoms in total. The van der Waals surface area contributed by atoms with Gasteiger partial charge in [0.1, 0.15) is 5.75 Å². The molecule has 0 aliphatic heterocycles. The van der Waals surface area contributed by atoms with Gasteiger partial charge in [-0.25, -0.2) is 0 Å². The van der Waals surface area contributed by atoms with Crippen LogP contribution in [0.3, 0.4) is 0 Å². The summed E-state index contributed by atoms with van der Waals surface area (Å²) < 4.78 is 0. The Bertz CT molecular complexity index is 484. The van der Waals surface area contributed by atoms with E-state index in [4.69, 9.17) is 11.6 Å². The normalized spacial score (nSPS) is 12.6. The van der Waals surface area contributed by atoms with E-state index < -0.39 is 0 Å². The summed E-state index contributed by atoms with van der Waals surface area (Å²) in [6.45, 7) is 2.71. The van der Waals surface area contributed by atoms with Crippen molar-refractivity contribution in [2.24, 2.45) is 0 Å². The van der Waals surface area contributed by atoms with Gasteiger partial charge in [-0.2, -0.15) is 0 Å². The maximum Gasteiger partial charge on any atom is 0.120 e. The zero-order valence-electron chi connectivity index (χ0n) is 9.48. The molecule has 0 saturated heterocycles. The second-order valence-corrected chi connectivity index (χ2v) is 5.31. The Morgan fingerprint density at radius 1 is 1.41 bits per heavy atom. The molecule has 0 unspecified atom stereocenters. The Hall–Kier alpha value is -1.03. The van der Waals surface area contributed by atoms with Crippen molar-refractivity contribution in [1.29, 1.82) is 0 Å². The molecule has 0 spiro atoms. The lowest BCUT2D eigenvalue weighted by atomic mass is 10.2. The van der Waals surface area contributed by atoms with Gasteiger partial charge in [0.05, 0.1) is 0 Å². The minimum atomic E-state index is 0.272. The van der Waals surface area contributed by atoms with Gasteiger partial charge in [0.2, 0.25) is 0 Å². The van der Waals surface area contributed by atoms with Gasteiger partial charge >= 0.3 is 0 Å². The van der Waals surface area contributed by atoms with E-state index in [1.165, 1.54) is 4.88 Å². The van der Waals surface area contributed by atoms with Gasteiger partial charge in [0, 0.05) is 28.0 Å².